The minimum absolute atomic E-state index is 0.372. The zero-order valence-corrected chi connectivity index (χ0v) is 10.3. The van der Waals surface area contributed by atoms with Gasteiger partial charge in [-0.05, 0) is 31.9 Å². The molecule has 3 heteroatoms. The zero-order chi connectivity index (χ0) is 12.4. The maximum Gasteiger partial charge on any atom is 0.138 e. The van der Waals surface area contributed by atoms with Crippen LogP contribution in [0.25, 0.3) is 11.4 Å². The average Bonchev–Trinajstić information content (AvgIpc) is 2.65. The summed E-state index contributed by atoms with van der Waals surface area (Å²) < 4.78 is 0. The Balaban J connectivity index is 2.49. The minimum Gasteiger partial charge on any atom is -0.341 e. The summed E-state index contributed by atoms with van der Waals surface area (Å²) in [7, 11) is 0. The first kappa shape index (κ1) is 11.4. The van der Waals surface area contributed by atoms with E-state index in [0.717, 1.165) is 17.1 Å². The second-order valence-corrected chi connectivity index (χ2v) is 4.37. The molecule has 1 N–H and O–H groups in total. The van der Waals surface area contributed by atoms with E-state index < -0.39 is 0 Å². The highest BCUT2D eigenvalue weighted by Gasteiger charge is 2.10. The third-order valence-electron chi connectivity index (χ3n) is 2.81. The van der Waals surface area contributed by atoms with Crippen molar-refractivity contribution in [3.05, 3.63) is 40.7 Å². The Morgan fingerprint density at radius 2 is 1.88 bits per heavy atom. The highest BCUT2D eigenvalue weighted by Crippen LogP contribution is 2.25. The Morgan fingerprint density at radius 3 is 2.47 bits per heavy atom. The molecule has 0 spiro atoms. The summed E-state index contributed by atoms with van der Waals surface area (Å²) in [6.45, 7) is 6.26. The molecule has 0 fully saturated rings. The second kappa shape index (κ2) is 4.42. The summed E-state index contributed by atoms with van der Waals surface area (Å²) >= 11 is 0. The molecule has 0 amide bonds. The van der Waals surface area contributed by atoms with Crippen LogP contribution in [0.2, 0.25) is 0 Å². The molecule has 2 aromatic rings. The highest BCUT2D eigenvalue weighted by atomic mass is 14.9. The van der Waals surface area contributed by atoms with Gasteiger partial charge in [-0.1, -0.05) is 17.7 Å². The number of aromatic amines is 1. The number of nitrogens with one attached hydrogen (secondary N) is 1. The smallest absolute Gasteiger partial charge is 0.138 e. The fraction of sp³-hybridized carbons (Fsp3) is 0.286. The number of aryl methyl sites for hydroxylation is 3. The van der Waals surface area contributed by atoms with Crippen molar-refractivity contribution in [3.63, 3.8) is 0 Å². The molecule has 0 aliphatic carbocycles. The van der Waals surface area contributed by atoms with Gasteiger partial charge in [0.15, 0.2) is 0 Å². The topological polar surface area (TPSA) is 52.5 Å². The number of imidazole rings is 1. The third kappa shape index (κ3) is 2.21. The normalized spacial score (nSPS) is 10.2. The molecule has 2 rings (SSSR count). The number of nitriles is 1. The summed E-state index contributed by atoms with van der Waals surface area (Å²) in [6, 6.07) is 6.41. The van der Waals surface area contributed by atoms with E-state index in [4.69, 9.17) is 5.26 Å². The fourth-order valence-corrected chi connectivity index (χ4v) is 2.21. The first-order chi connectivity index (χ1) is 8.11. The molecule has 86 valence electrons. The predicted octanol–water partition coefficient (Wildman–Crippen LogP) is 3.07. The number of H-pyrrole nitrogens is 1. The van der Waals surface area contributed by atoms with Crippen LogP contribution >= 0.6 is 0 Å². The molecule has 3 nitrogen and oxygen atoms in total. The minimum atomic E-state index is 0.372. The lowest BCUT2D eigenvalue weighted by Crippen LogP contribution is -1.92. The van der Waals surface area contributed by atoms with Crippen molar-refractivity contribution in [2.24, 2.45) is 0 Å². The molecule has 0 radical (unpaired) electrons. The maximum atomic E-state index is 8.65. The van der Waals surface area contributed by atoms with Gasteiger partial charge in [0.2, 0.25) is 0 Å². The van der Waals surface area contributed by atoms with Gasteiger partial charge in [0, 0.05) is 17.5 Å². The van der Waals surface area contributed by atoms with E-state index in [9.17, 15) is 0 Å². The molecule has 0 aliphatic heterocycles. The van der Waals surface area contributed by atoms with E-state index in [1.807, 2.05) is 0 Å². The molecule has 17 heavy (non-hydrogen) atoms. The lowest BCUT2D eigenvalue weighted by atomic mass is 9.99. The van der Waals surface area contributed by atoms with Gasteiger partial charge in [-0.3, -0.25) is 0 Å². The van der Waals surface area contributed by atoms with Crippen LogP contribution in [0.5, 0.6) is 0 Å². The van der Waals surface area contributed by atoms with Crippen LogP contribution in [-0.4, -0.2) is 9.97 Å². The summed E-state index contributed by atoms with van der Waals surface area (Å²) in [5.41, 5.74) is 5.68. The van der Waals surface area contributed by atoms with Gasteiger partial charge < -0.3 is 4.98 Å². The molecule has 0 atom stereocenters. The van der Waals surface area contributed by atoms with Crippen LogP contribution in [0, 0.1) is 32.1 Å². The molecule has 0 unspecified atom stereocenters. The first-order valence-electron chi connectivity index (χ1n) is 5.61. The number of benzene rings is 1. The van der Waals surface area contributed by atoms with Crippen LogP contribution in [-0.2, 0) is 6.42 Å². The van der Waals surface area contributed by atoms with Gasteiger partial charge >= 0.3 is 0 Å². The highest BCUT2D eigenvalue weighted by molar-refractivity contribution is 5.65. The third-order valence-corrected chi connectivity index (χ3v) is 2.81. The largest absolute Gasteiger partial charge is 0.341 e. The van der Waals surface area contributed by atoms with E-state index in [-0.39, 0.29) is 0 Å². The molecular formula is C14H15N3. The predicted molar refractivity (Wildman–Crippen MR) is 67.6 cm³/mol. The van der Waals surface area contributed by atoms with Crippen molar-refractivity contribution in [3.8, 4) is 17.5 Å². The maximum absolute atomic E-state index is 8.65. The van der Waals surface area contributed by atoms with E-state index >= 15 is 0 Å². The fourth-order valence-electron chi connectivity index (χ4n) is 2.21. The Hall–Kier alpha value is -2.08. The number of hydrogen-bond acceptors (Lipinski definition) is 2. The van der Waals surface area contributed by atoms with Crippen LogP contribution in [0.3, 0.4) is 0 Å². The molecule has 0 saturated heterocycles. The standard InChI is InChI=1S/C14H15N3/c1-9-6-10(2)13(11(3)7-9)14-16-8-12(17-14)4-5-15/h6-8H,4H2,1-3H3,(H,16,17). The molecule has 1 aromatic heterocycles. The van der Waals surface area contributed by atoms with Crippen LogP contribution in [0.4, 0.5) is 0 Å². The lowest BCUT2D eigenvalue weighted by molar-refractivity contribution is 1.15. The van der Waals surface area contributed by atoms with Crippen LogP contribution < -0.4 is 0 Å². The van der Waals surface area contributed by atoms with Crippen molar-refractivity contribution in [2.75, 3.05) is 0 Å². The zero-order valence-electron chi connectivity index (χ0n) is 10.3. The van der Waals surface area contributed by atoms with Crippen LogP contribution in [0.15, 0.2) is 18.3 Å². The molecule has 1 heterocycles. The van der Waals surface area contributed by atoms with Crippen molar-refractivity contribution >= 4 is 0 Å². The number of rotatable bonds is 2. The van der Waals surface area contributed by atoms with E-state index in [2.05, 4.69) is 48.9 Å². The Morgan fingerprint density at radius 1 is 1.24 bits per heavy atom. The Labute approximate surface area is 101 Å². The van der Waals surface area contributed by atoms with Crippen molar-refractivity contribution in [2.45, 2.75) is 27.2 Å². The van der Waals surface area contributed by atoms with Gasteiger partial charge in [-0.2, -0.15) is 5.26 Å². The summed E-state index contributed by atoms with van der Waals surface area (Å²) in [5, 5.41) is 8.65. The van der Waals surface area contributed by atoms with Gasteiger partial charge in [-0.15, -0.1) is 0 Å². The Kier molecular flexibility index (Phi) is 2.97. The van der Waals surface area contributed by atoms with Crippen LogP contribution in [0.1, 0.15) is 22.4 Å². The van der Waals surface area contributed by atoms with E-state index in [1.165, 1.54) is 16.7 Å². The van der Waals surface area contributed by atoms with Gasteiger partial charge in [0.1, 0.15) is 5.82 Å². The van der Waals surface area contributed by atoms with E-state index in [1.54, 1.807) is 6.20 Å². The molecular weight excluding hydrogens is 210 g/mol. The lowest BCUT2D eigenvalue weighted by Gasteiger charge is -2.08. The molecule has 0 aliphatic rings. The molecule has 0 saturated carbocycles. The second-order valence-electron chi connectivity index (χ2n) is 4.37. The first-order valence-corrected chi connectivity index (χ1v) is 5.61. The summed E-state index contributed by atoms with van der Waals surface area (Å²) in [4.78, 5) is 7.55. The Bertz CT molecular complexity index is 565. The van der Waals surface area contributed by atoms with Crippen molar-refractivity contribution in [1.82, 2.24) is 9.97 Å². The summed E-state index contributed by atoms with van der Waals surface area (Å²) in [5.74, 6) is 0.852. The van der Waals surface area contributed by atoms with Crippen molar-refractivity contribution in [1.29, 1.82) is 5.26 Å². The molecule has 0 bridgehead atoms. The SMILES string of the molecule is Cc1cc(C)c(-c2ncc(CC#N)[nH]2)c(C)c1. The molecule has 1 aromatic carbocycles. The number of hydrogen-bond donors (Lipinski definition) is 1. The quantitative estimate of drug-likeness (QED) is 0.853. The number of nitrogens with zero attached hydrogens (tertiary/aromatic N) is 2. The van der Waals surface area contributed by atoms with Crippen molar-refractivity contribution < 1.29 is 0 Å². The van der Waals surface area contributed by atoms with E-state index in [0.29, 0.717) is 6.42 Å². The average molecular weight is 225 g/mol. The van der Waals surface area contributed by atoms with Gasteiger partial charge in [-0.25, -0.2) is 4.98 Å². The monoisotopic (exact) mass is 225 g/mol. The van der Waals surface area contributed by atoms with Gasteiger partial charge in [0.25, 0.3) is 0 Å². The summed E-state index contributed by atoms with van der Waals surface area (Å²) in [6.07, 6.45) is 2.11. The van der Waals surface area contributed by atoms with Gasteiger partial charge in [0.05, 0.1) is 12.5 Å². The number of aromatic nitrogens is 2.